The van der Waals surface area contributed by atoms with Crippen LogP contribution in [0.1, 0.15) is 44.2 Å². The van der Waals surface area contributed by atoms with E-state index in [0.717, 1.165) is 17.7 Å². The van der Waals surface area contributed by atoms with Crippen molar-refractivity contribution in [2.24, 2.45) is 5.16 Å². The molecule has 0 aliphatic rings. The highest BCUT2D eigenvalue weighted by molar-refractivity contribution is 6.37. The van der Waals surface area contributed by atoms with Crippen LogP contribution in [0, 0.1) is 0 Å². The molecule has 0 spiro atoms. The minimum Gasteiger partial charge on any atom is -0.496 e. The van der Waals surface area contributed by atoms with E-state index in [-0.39, 0.29) is 13.2 Å². The highest BCUT2D eigenvalue weighted by Crippen LogP contribution is 2.39. The Morgan fingerprint density at radius 3 is 2.47 bits per heavy atom. The number of hydrogen-bond acceptors (Lipinski definition) is 6. The van der Waals surface area contributed by atoms with Gasteiger partial charge in [0, 0.05) is 5.56 Å². The van der Waals surface area contributed by atoms with Crippen molar-refractivity contribution in [3.8, 4) is 17.2 Å². The minimum atomic E-state index is -0.495. The number of halogens is 2. The fourth-order valence-electron chi connectivity index (χ4n) is 2.64. The molecule has 0 radical (unpaired) electrons. The molecule has 0 saturated carbocycles. The van der Waals surface area contributed by atoms with Gasteiger partial charge < -0.3 is 19.0 Å². The molecule has 0 heterocycles. The zero-order valence-electron chi connectivity index (χ0n) is 17.4. The number of ether oxygens (including phenoxy) is 3. The van der Waals surface area contributed by atoms with Crippen molar-refractivity contribution in [3.63, 3.8) is 0 Å². The lowest BCUT2D eigenvalue weighted by Gasteiger charge is -2.16. The fraction of sp³-hybridized carbons (Fsp3) is 0.364. The lowest BCUT2D eigenvalue weighted by Crippen LogP contribution is -2.10. The summed E-state index contributed by atoms with van der Waals surface area (Å²) in [6.07, 6.45) is 2.36. The van der Waals surface area contributed by atoms with Crippen molar-refractivity contribution in [2.45, 2.75) is 33.1 Å². The quantitative estimate of drug-likeness (QED) is 0.242. The monoisotopic (exact) mass is 453 g/mol. The number of carbonyl (C=O) groups excluding carboxylic acids is 1. The fourth-order valence-corrected chi connectivity index (χ4v) is 3.22. The Labute approximate surface area is 186 Å². The van der Waals surface area contributed by atoms with Crippen LogP contribution in [-0.2, 0) is 14.4 Å². The molecule has 0 saturated heterocycles. The van der Waals surface area contributed by atoms with Crippen LogP contribution in [0.3, 0.4) is 0 Å². The second-order valence-electron chi connectivity index (χ2n) is 6.44. The third-order valence-electron chi connectivity index (χ3n) is 4.35. The van der Waals surface area contributed by atoms with Gasteiger partial charge in [-0.05, 0) is 55.2 Å². The number of rotatable bonds is 10. The Bertz CT molecular complexity index is 878. The van der Waals surface area contributed by atoms with Gasteiger partial charge in [-0.1, -0.05) is 42.2 Å². The van der Waals surface area contributed by atoms with Gasteiger partial charge in [-0.2, -0.15) is 0 Å². The van der Waals surface area contributed by atoms with E-state index < -0.39 is 5.97 Å². The zero-order chi connectivity index (χ0) is 22.1. The highest BCUT2D eigenvalue weighted by Gasteiger charge is 2.15. The number of oxime groups is 1. The summed E-state index contributed by atoms with van der Waals surface area (Å²) in [4.78, 5) is 16.1. The van der Waals surface area contributed by atoms with Crippen LogP contribution in [0.5, 0.6) is 17.2 Å². The van der Waals surface area contributed by atoms with Gasteiger partial charge in [-0.15, -0.1) is 0 Å². The number of hydrogen-bond donors (Lipinski definition) is 0. The average molecular weight is 454 g/mol. The van der Waals surface area contributed by atoms with Gasteiger partial charge in [-0.25, -0.2) is 4.79 Å². The molecule has 0 amide bonds. The zero-order valence-corrected chi connectivity index (χ0v) is 18.9. The van der Waals surface area contributed by atoms with Gasteiger partial charge in [0.15, 0.2) is 5.75 Å². The van der Waals surface area contributed by atoms with Crippen LogP contribution in [0.4, 0.5) is 0 Å². The summed E-state index contributed by atoms with van der Waals surface area (Å²) in [6, 6.07) is 8.87. The molecule has 1 unspecified atom stereocenters. The van der Waals surface area contributed by atoms with Crippen molar-refractivity contribution in [2.75, 3.05) is 20.3 Å². The molecule has 2 aromatic carbocycles. The van der Waals surface area contributed by atoms with Gasteiger partial charge in [0.1, 0.15) is 11.5 Å². The average Bonchev–Trinajstić information content (AvgIpc) is 2.73. The maximum atomic E-state index is 11.2. The first-order valence-corrected chi connectivity index (χ1v) is 10.3. The maximum Gasteiger partial charge on any atom is 0.347 e. The van der Waals surface area contributed by atoms with E-state index in [2.05, 4.69) is 19.0 Å². The second-order valence-corrected chi connectivity index (χ2v) is 7.26. The van der Waals surface area contributed by atoms with Gasteiger partial charge in [0.05, 0.1) is 30.0 Å². The molecular formula is C22H25Cl2NO5. The molecule has 0 aliphatic carbocycles. The number of carbonyl (C=O) groups is 1. The van der Waals surface area contributed by atoms with E-state index in [4.69, 9.17) is 42.3 Å². The molecule has 0 N–H and O–H groups in total. The Morgan fingerprint density at radius 2 is 1.87 bits per heavy atom. The normalized spacial score (nSPS) is 11.9. The molecule has 2 aromatic rings. The second kappa shape index (κ2) is 11.7. The summed E-state index contributed by atoms with van der Waals surface area (Å²) in [5, 5.41) is 4.35. The SMILES string of the molecule is CCOC(=O)CON=Cc1cc(Cl)c(Oc2ccc(OC)c(C(C)CC)c2)c(Cl)c1. The molecule has 0 bridgehead atoms. The summed E-state index contributed by atoms with van der Waals surface area (Å²) in [6.45, 7) is 5.96. The van der Waals surface area contributed by atoms with Crippen LogP contribution in [0.2, 0.25) is 10.0 Å². The summed E-state index contributed by atoms with van der Waals surface area (Å²) in [5.74, 6) is 1.56. The lowest BCUT2D eigenvalue weighted by atomic mass is 9.97. The van der Waals surface area contributed by atoms with E-state index in [1.807, 2.05) is 12.1 Å². The van der Waals surface area contributed by atoms with Crippen molar-refractivity contribution in [1.82, 2.24) is 0 Å². The number of methoxy groups -OCH3 is 1. The van der Waals surface area contributed by atoms with Gasteiger partial charge in [-0.3, -0.25) is 0 Å². The van der Waals surface area contributed by atoms with E-state index in [9.17, 15) is 4.79 Å². The van der Waals surface area contributed by atoms with Crippen LogP contribution in [-0.4, -0.2) is 32.5 Å². The smallest absolute Gasteiger partial charge is 0.347 e. The molecule has 162 valence electrons. The molecular weight excluding hydrogens is 429 g/mol. The maximum absolute atomic E-state index is 11.2. The number of esters is 1. The highest BCUT2D eigenvalue weighted by atomic mass is 35.5. The topological polar surface area (TPSA) is 66.4 Å². The summed E-state index contributed by atoms with van der Waals surface area (Å²) >= 11 is 12.7. The molecule has 1 atom stereocenters. The van der Waals surface area contributed by atoms with Crippen molar-refractivity contribution >= 4 is 35.4 Å². The van der Waals surface area contributed by atoms with Crippen LogP contribution in [0.25, 0.3) is 0 Å². The molecule has 0 fully saturated rings. The summed E-state index contributed by atoms with van der Waals surface area (Å²) in [5.41, 5.74) is 1.64. The van der Waals surface area contributed by atoms with Crippen LogP contribution >= 0.6 is 23.2 Å². The van der Waals surface area contributed by atoms with Gasteiger partial charge >= 0.3 is 5.97 Å². The van der Waals surface area contributed by atoms with E-state index >= 15 is 0 Å². The number of nitrogens with zero attached hydrogens (tertiary/aromatic N) is 1. The third kappa shape index (κ3) is 6.54. The van der Waals surface area contributed by atoms with E-state index in [0.29, 0.717) is 33.0 Å². The predicted molar refractivity (Wildman–Crippen MR) is 118 cm³/mol. The lowest BCUT2D eigenvalue weighted by molar-refractivity contribution is -0.148. The first-order valence-electron chi connectivity index (χ1n) is 9.55. The molecule has 30 heavy (non-hydrogen) atoms. The molecule has 2 rings (SSSR count). The van der Waals surface area contributed by atoms with Crippen molar-refractivity contribution < 1.29 is 23.8 Å². The first-order chi connectivity index (χ1) is 14.4. The van der Waals surface area contributed by atoms with Crippen LogP contribution in [0.15, 0.2) is 35.5 Å². The van der Waals surface area contributed by atoms with Crippen molar-refractivity contribution in [1.29, 1.82) is 0 Å². The Balaban J connectivity index is 2.15. The summed E-state index contributed by atoms with van der Waals surface area (Å²) < 4.78 is 16.2. The molecule has 0 aliphatic heterocycles. The molecule has 6 nitrogen and oxygen atoms in total. The predicted octanol–water partition coefficient (Wildman–Crippen LogP) is 6.22. The van der Waals surface area contributed by atoms with Crippen molar-refractivity contribution in [3.05, 3.63) is 51.5 Å². The standard InChI is InChI=1S/C22H25Cl2NO5/c1-5-14(3)17-11-16(7-8-20(17)27-4)30-22-18(23)9-15(10-19(22)24)12-25-29-13-21(26)28-6-2/h7-12,14H,5-6,13H2,1-4H3. The van der Waals surface area contributed by atoms with Gasteiger partial charge in [0.25, 0.3) is 0 Å². The largest absolute Gasteiger partial charge is 0.496 e. The molecule has 0 aromatic heterocycles. The third-order valence-corrected chi connectivity index (χ3v) is 4.91. The first kappa shape index (κ1) is 23.8. The molecule has 8 heteroatoms. The Hall–Kier alpha value is -2.44. The number of benzene rings is 2. The Morgan fingerprint density at radius 1 is 1.17 bits per heavy atom. The van der Waals surface area contributed by atoms with Crippen LogP contribution < -0.4 is 9.47 Å². The van der Waals surface area contributed by atoms with Gasteiger partial charge in [0.2, 0.25) is 6.61 Å². The van der Waals surface area contributed by atoms with E-state index in [1.54, 1.807) is 32.2 Å². The minimum absolute atomic E-state index is 0.275. The summed E-state index contributed by atoms with van der Waals surface area (Å²) in [7, 11) is 1.65. The Kier molecular flexibility index (Phi) is 9.27. The van der Waals surface area contributed by atoms with E-state index in [1.165, 1.54) is 6.21 Å².